The highest BCUT2D eigenvalue weighted by Crippen LogP contribution is 2.21. The van der Waals surface area contributed by atoms with Gasteiger partial charge in [-0.1, -0.05) is 23.3 Å². The van der Waals surface area contributed by atoms with Crippen molar-refractivity contribution in [2.75, 3.05) is 6.54 Å². The molecule has 1 aromatic rings. The lowest BCUT2D eigenvalue weighted by molar-refractivity contribution is -0.385. The highest BCUT2D eigenvalue weighted by Gasteiger charge is 2.10. The Morgan fingerprint density at radius 3 is 3.00 bits per heavy atom. The molecule has 0 spiro atoms. The molecule has 1 rings (SSSR count). The van der Waals surface area contributed by atoms with Crippen molar-refractivity contribution >= 4 is 11.8 Å². The number of nitrogens with zero attached hydrogens (tertiary/aromatic N) is 4. The van der Waals surface area contributed by atoms with Gasteiger partial charge < -0.3 is 0 Å². The van der Waals surface area contributed by atoms with Gasteiger partial charge >= 0.3 is 0 Å². The van der Waals surface area contributed by atoms with Gasteiger partial charge in [0.05, 0.1) is 10.5 Å². The minimum absolute atomic E-state index is 0.0880. The Kier molecular flexibility index (Phi) is 4.72. The zero-order valence-corrected chi connectivity index (χ0v) is 9.41. The molecule has 6 nitrogen and oxygen atoms in total. The SMILES string of the molecule is Cc1ccc(C=CCCN=[N+]=[N-])c([N+](=O)[O-])c1. The summed E-state index contributed by atoms with van der Waals surface area (Å²) in [6, 6.07) is 5.06. The van der Waals surface area contributed by atoms with Gasteiger partial charge in [0.25, 0.3) is 5.69 Å². The standard InChI is InChI=1S/C11H12N4O2/c1-9-5-6-10(11(8-9)15(16)17)4-2-3-7-13-14-12/h2,4-6,8H,3,7H2,1H3. The zero-order valence-electron chi connectivity index (χ0n) is 9.41. The smallest absolute Gasteiger partial charge is 0.258 e. The molecule has 88 valence electrons. The molecule has 0 atom stereocenters. The van der Waals surface area contributed by atoms with E-state index < -0.39 is 4.92 Å². The highest BCUT2D eigenvalue weighted by molar-refractivity contribution is 5.61. The second-order valence-corrected chi connectivity index (χ2v) is 3.46. The van der Waals surface area contributed by atoms with Gasteiger partial charge in [-0.15, -0.1) is 0 Å². The number of benzene rings is 1. The van der Waals surface area contributed by atoms with Crippen molar-refractivity contribution < 1.29 is 4.92 Å². The summed E-state index contributed by atoms with van der Waals surface area (Å²) < 4.78 is 0. The van der Waals surface area contributed by atoms with Crippen molar-refractivity contribution in [2.24, 2.45) is 5.11 Å². The van der Waals surface area contributed by atoms with Crippen LogP contribution in [0.25, 0.3) is 16.5 Å². The first-order chi connectivity index (χ1) is 8.15. The van der Waals surface area contributed by atoms with E-state index in [1.165, 1.54) is 6.07 Å². The van der Waals surface area contributed by atoms with E-state index in [1.807, 2.05) is 13.0 Å². The fourth-order valence-electron chi connectivity index (χ4n) is 1.34. The van der Waals surface area contributed by atoms with Crippen LogP contribution in [0.3, 0.4) is 0 Å². The number of nitro benzene ring substituents is 1. The van der Waals surface area contributed by atoms with Crippen LogP contribution in [0.2, 0.25) is 0 Å². The Bertz CT molecular complexity index is 490. The Morgan fingerprint density at radius 1 is 1.59 bits per heavy atom. The Hall–Kier alpha value is -2.33. The normalized spacial score (nSPS) is 10.2. The molecule has 0 saturated heterocycles. The number of rotatable bonds is 5. The molecule has 0 aliphatic rings. The van der Waals surface area contributed by atoms with Gasteiger partial charge in [0.1, 0.15) is 0 Å². The summed E-state index contributed by atoms with van der Waals surface area (Å²) >= 11 is 0. The van der Waals surface area contributed by atoms with Crippen molar-refractivity contribution in [1.29, 1.82) is 0 Å². The molecule has 0 aliphatic carbocycles. The molecule has 0 radical (unpaired) electrons. The van der Waals surface area contributed by atoms with E-state index in [2.05, 4.69) is 10.0 Å². The first-order valence-electron chi connectivity index (χ1n) is 5.07. The van der Waals surface area contributed by atoms with Crippen LogP contribution in [0, 0.1) is 17.0 Å². The number of nitro groups is 1. The van der Waals surface area contributed by atoms with Crippen molar-refractivity contribution in [3.63, 3.8) is 0 Å². The Morgan fingerprint density at radius 2 is 2.35 bits per heavy atom. The summed E-state index contributed by atoms with van der Waals surface area (Å²) in [4.78, 5) is 13.0. The van der Waals surface area contributed by atoms with Crippen LogP contribution in [-0.2, 0) is 0 Å². The zero-order chi connectivity index (χ0) is 12.7. The molecule has 0 bridgehead atoms. The number of azide groups is 1. The van der Waals surface area contributed by atoms with Gasteiger partial charge in [-0.05, 0) is 30.5 Å². The maximum Gasteiger partial charge on any atom is 0.276 e. The number of hydrogen-bond acceptors (Lipinski definition) is 3. The third-order valence-corrected chi connectivity index (χ3v) is 2.14. The van der Waals surface area contributed by atoms with E-state index in [0.717, 1.165) is 5.56 Å². The second-order valence-electron chi connectivity index (χ2n) is 3.46. The van der Waals surface area contributed by atoms with Gasteiger partial charge in [-0.25, -0.2) is 0 Å². The molecule has 0 N–H and O–H groups in total. The predicted molar refractivity (Wildman–Crippen MR) is 65.5 cm³/mol. The van der Waals surface area contributed by atoms with Crippen molar-refractivity contribution in [1.82, 2.24) is 0 Å². The molecule has 0 fully saturated rings. The van der Waals surface area contributed by atoms with Gasteiger partial charge in [0.15, 0.2) is 0 Å². The van der Waals surface area contributed by atoms with Crippen LogP contribution < -0.4 is 0 Å². The molecular formula is C11H12N4O2. The van der Waals surface area contributed by atoms with E-state index >= 15 is 0 Å². The van der Waals surface area contributed by atoms with E-state index in [-0.39, 0.29) is 5.69 Å². The maximum atomic E-state index is 10.8. The third-order valence-electron chi connectivity index (χ3n) is 2.14. The minimum Gasteiger partial charge on any atom is -0.258 e. The van der Waals surface area contributed by atoms with E-state index in [9.17, 15) is 10.1 Å². The largest absolute Gasteiger partial charge is 0.276 e. The topological polar surface area (TPSA) is 91.9 Å². The fraction of sp³-hybridized carbons (Fsp3) is 0.273. The van der Waals surface area contributed by atoms with Crippen molar-refractivity contribution in [3.05, 3.63) is 56.0 Å². The van der Waals surface area contributed by atoms with Crippen molar-refractivity contribution in [3.8, 4) is 0 Å². The summed E-state index contributed by atoms with van der Waals surface area (Å²) in [7, 11) is 0. The van der Waals surface area contributed by atoms with E-state index in [1.54, 1.807) is 18.2 Å². The first kappa shape index (κ1) is 12.7. The molecule has 0 saturated carbocycles. The van der Waals surface area contributed by atoms with Crippen LogP contribution in [0.1, 0.15) is 17.5 Å². The van der Waals surface area contributed by atoms with Crippen LogP contribution >= 0.6 is 0 Å². The van der Waals surface area contributed by atoms with Crippen LogP contribution in [-0.4, -0.2) is 11.5 Å². The van der Waals surface area contributed by atoms with Gasteiger partial charge in [-0.2, -0.15) is 0 Å². The van der Waals surface area contributed by atoms with Gasteiger partial charge in [-0.3, -0.25) is 10.1 Å². The minimum atomic E-state index is -0.403. The molecular weight excluding hydrogens is 220 g/mol. The lowest BCUT2D eigenvalue weighted by atomic mass is 10.1. The molecule has 6 heteroatoms. The van der Waals surface area contributed by atoms with Gasteiger partial charge in [0, 0.05) is 17.5 Å². The molecule has 0 amide bonds. The summed E-state index contributed by atoms with van der Waals surface area (Å²) in [6.07, 6.45) is 3.99. The molecule has 0 unspecified atom stereocenters. The summed E-state index contributed by atoms with van der Waals surface area (Å²) in [5.41, 5.74) is 9.57. The third kappa shape index (κ3) is 3.96. The summed E-state index contributed by atoms with van der Waals surface area (Å²) in [5.74, 6) is 0. The molecule has 0 heterocycles. The van der Waals surface area contributed by atoms with Crippen molar-refractivity contribution in [2.45, 2.75) is 13.3 Å². The highest BCUT2D eigenvalue weighted by atomic mass is 16.6. The predicted octanol–water partition coefficient (Wildman–Crippen LogP) is 3.62. The number of hydrogen-bond donors (Lipinski definition) is 0. The van der Waals surface area contributed by atoms with Gasteiger partial charge in [0.2, 0.25) is 0 Å². The monoisotopic (exact) mass is 232 g/mol. The van der Waals surface area contributed by atoms with Crippen LogP contribution in [0.5, 0.6) is 0 Å². The first-order valence-corrected chi connectivity index (χ1v) is 5.07. The van der Waals surface area contributed by atoms with E-state index in [4.69, 9.17) is 5.53 Å². The maximum absolute atomic E-state index is 10.8. The Labute approximate surface area is 98.4 Å². The molecule has 1 aromatic carbocycles. The van der Waals surface area contributed by atoms with Crippen LogP contribution in [0.15, 0.2) is 29.4 Å². The fourth-order valence-corrected chi connectivity index (χ4v) is 1.34. The Balaban J connectivity index is 2.83. The molecule has 0 aliphatic heterocycles. The summed E-state index contributed by atoms with van der Waals surface area (Å²) in [6.45, 7) is 2.16. The number of aryl methyl sites for hydroxylation is 1. The average molecular weight is 232 g/mol. The quantitative estimate of drug-likeness (QED) is 0.194. The van der Waals surface area contributed by atoms with E-state index in [0.29, 0.717) is 18.5 Å². The molecule has 17 heavy (non-hydrogen) atoms. The van der Waals surface area contributed by atoms with Crippen LogP contribution in [0.4, 0.5) is 5.69 Å². The lowest BCUT2D eigenvalue weighted by Crippen LogP contribution is -1.92. The second kappa shape index (κ2) is 6.30. The summed E-state index contributed by atoms with van der Waals surface area (Å²) in [5, 5.41) is 14.2. The average Bonchev–Trinajstić information content (AvgIpc) is 2.30. The molecule has 0 aromatic heterocycles. The lowest BCUT2D eigenvalue weighted by Gasteiger charge is -1.98.